The van der Waals surface area contributed by atoms with Gasteiger partial charge in [0.05, 0.1) is 18.7 Å². The molecule has 0 saturated carbocycles. The molecule has 138 valence electrons. The highest BCUT2D eigenvalue weighted by Crippen LogP contribution is 2.16. The van der Waals surface area contributed by atoms with E-state index in [2.05, 4.69) is 10.3 Å². The van der Waals surface area contributed by atoms with Crippen LogP contribution in [0.25, 0.3) is 0 Å². The fourth-order valence-corrected chi connectivity index (χ4v) is 2.80. The molecule has 0 bridgehead atoms. The van der Waals surface area contributed by atoms with Crippen LogP contribution in [-0.2, 0) is 36.7 Å². The van der Waals surface area contributed by atoms with Gasteiger partial charge in [0.15, 0.2) is 11.7 Å². The molecule has 0 aliphatic heterocycles. The molecular formula is C18H20N2O5S. The smallest absolute Gasteiger partial charge is 0.311 e. The van der Waals surface area contributed by atoms with Crippen LogP contribution >= 0.6 is 11.3 Å². The Labute approximate surface area is 155 Å². The largest absolute Gasteiger partial charge is 0.466 e. The van der Waals surface area contributed by atoms with E-state index in [1.54, 1.807) is 12.3 Å². The highest BCUT2D eigenvalue weighted by atomic mass is 32.1. The first-order chi connectivity index (χ1) is 12.6. The van der Waals surface area contributed by atoms with Gasteiger partial charge in [-0.25, -0.2) is 4.98 Å². The summed E-state index contributed by atoms with van der Waals surface area (Å²) in [4.78, 5) is 39.0. The van der Waals surface area contributed by atoms with Crippen molar-refractivity contribution in [3.8, 4) is 0 Å². The SMILES string of the molecule is CCOC(=O)Cc1csc(NC(=O)COC(=O)CCc2ccccc2)n1. The van der Waals surface area contributed by atoms with Crippen LogP contribution in [-0.4, -0.2) is 36.0 Å². The van der Waals surface area contributed by atoms with Crippen LogP contribution in [0.15, 0.2) is 35.7 Å². The number of nitrogens with one attached hydrogen (secondary N) is 1. The van der Waals surface area contributed by atoms with E-state index in [1.165, 1.54) is 11.3 Å². The minimum Gasteiger partial charge on any atom is -0.466 e. The van der Waals surface area contributed by atoms with Gasteiger partial charge >= 0.3 is 11.9 Å². The normalized spacial score (nSPS) is 10.2. The lowest BCUT2D eigenvalue weighted by atomic mass is 10.1. The quantitative estimate of drug-likeness (QED) is 0.675. The Morgan fingerprint density at radius 1 is 1.12 bits per heavy atom. The number of hydrogen-bond donors (Lipinski definition) is 1. The van der Waals surface area contributed by atoms with Crippen molar-refractivity contribution in [1.82, 2.24) is 4.98 Å². The maximum Gasteiger partial charge on any atom is 0.311 e. The number of aryl methyl sites for hydroxylation is 1. The molecule has 26 heavy (non-hydrogen) atoms. The maximum atomic E-state index is 11.8. The minimum absolute atomic E-state index is 0.0503. The van der Waals surface area contributed by atoms with Crippen molar-refractivity contribution >= 4 is 34.3 Å². The molecule has 2 rings (SSSR count). The molecule has 0 atom stereocenters. The fraction of sp³-hybridized carbons (Fsp3) is 0.333. The number of benzene rings is 1. The molecule has 0 fully saturated rings. The maximum absolute atomic E-state index is 11.8. The zero-order valence-corrected chi connectivity index (χ0v) is 15.2. The molecule has 8 heteroatoms. The van der Waals surface area contributed by atoms with Crippen LogP contribution in [0.5, 0.6) is 0 Å². The van der Waals surface area contributed by atoms with E-state index in [1.807, 2.05) is 30.3 Å². The second-order valence-corrected chi connectivity index (χ2v) is 6.18. The van der Waals surface area contributed by atoms with Crippen LogP contribution in [0.2, 0.25) is 0 Å². The number of nitrogens with zero attached hydrogens (tertiary/aromatic N) is 1. The lowest BCUT2D eigenvalue weighted by molar-refractivity contribution is -0.147. The summed E-state index contributed by atoms with van der Waals surface area (Å²) in [5.74, 6) is -1.29. The Kier molecular flexibility index (Phi) is 7.75. The van der Waals surface area contributed by atoms with Crippen molar-refractivity contribution < 1.29 is 23.9 Å². The Hall–Kier alpha value is -2.74. The summed E-state index contributed by atoms with van der Waals surface area (Å²) < 4.78 is 9.79. The van der Waals surface area contributed by atoms with Crippen molar-refractivity contribution in [3.63, 3.8) is 0 Å². The highest BCUT2D eigenvalue weighted by molar-refractivity contribution is 7.13. The summed E-state index contributed by atoms with van der Waals surface area (Å²) in [6, 6.07) is 9.56. The molecule has 1 N–H and O–H groups in total. The van der Waals surface area contributed by atoms with E-state index in [-0.39, 0.29) is 25.4 Å². The first-order valence-electron chi connectivity index (χ1n) is 8.16. The predicted octanol–water partition coefficient (Wildman–Crippen LogP) is 2.36. The van der Waals surface area contributed by atoms with Crippen molar-refractivity contribution in [2.45, 2.75) is 26.2 Å². The third-order valence-electron chi connectivity index (χ3n) is 3.25. The van der Waals surface area contributed by atoms with Crippen molar-refractivity contribution in [1.29, 1.82) is 0 Å². The molecule has 0 aliphatic rings. The second-order valence-electron chi connectivity index (χ2n) is 5.32. The highest BCUT2D eigenvalue weighted by Gasteiger charge is 2.12. The first-order valence-corrected chi connectivity index (χ1v) is 9.04. The van der Waals surface area contributed by atoms with Gasteiger partial charge in [-0.1, -0.05) is 30.3 Å². The van der Waals surface area contributed by atoms with E-state index in [9.17, 15) is 14.4 Å². The van der Waals surface area contributed by atoms with Gasteiger partial charge in [-0.15, -0.1) is 11.3 Å². The Morgan fingerprint density at radius 2 is 1.88 bits per heavy atom. The summed E-state index contributed by atoms with van der Waals surface area (Å²) in [5.41, 5.74) is 1.55. The molecular weight excluding hydrogens is 356 g/mol. The monoisotopic (exact) mass is 376 g/mol. The van der Waals surface area contributed by atoms with Crippen molar-refractivity contribution in [2.24, 2.45) is 0 Å². The van der Waals surface area contributed by atoms with E-state index in [4.69, 9.17) is 9.47 Å². The molecule has 1 amide bonds. The zero-order chi connectivity index (χ0) is 18.8. The van der Waals surface area contributed by atoms with Gasteiger partial charge in [0.25, 0.3) is 5.91 Å². The number of amides is 1. The average molecular weight is 376 g/mol. The summed E-state index contributed by atoms with van der Waals surface area (Å²) >= 11 is 1.19. The van der Waals surface area contributed by atoms with E-state index in [0.29, 0.717) is 23.9 Å². The molecule has 0 radical (unpaired) electrons. The van der Waals surface area contributed by atoms with Gasteiger partial charge in [-0.05, 0) is 18.9 Å². The van der Waals surface area contributed by atoms with Crippen molar-refractivity contribution in [2.75, 3.05) is 18.5 Å². The number of esters is 2. The second kappa shape index (κ2) is 10.3. The van der Waals surface area contributed by atoms with Crippen LogP contribution < -0.4 is 5.32 Å². The Bertz CT molecular complexity index is 745. The topological polar surface area (TPSA) is 94.6 Å². The summed E-state index contributed by atoms with van der Waals surface area (Å²) in [6.45, 7) is 1.66. The molecule has 1 aromatic carbocycles. The predicted molar refractivity (Wildman–Crippen MR) is 96.8 cm³/mol. The van der Waals surface area contributed by atoms with Gasteiger partial charge in [0.2, 0.25) is 0 Å². The minimum atomic E-state index is -0.477. The summed E-state index contributed by atoms with van der Waals surface area (Å²) in [6.07, 6.45) is 0.817. The van der Waals surface area contributed by atoms with E-state index >= 15 is 0 Å². The molecule has 0 spiro atoms. The molecule has 7 nitrogen and oxygen atoms in total. The number of thiazole rings is 1. The number of ether oxygens (including phenoxy) is 2. The van der Waals surface area contributed by atoms with Gasteiger partial charge in [0, 0.05) is 11.8 Å². The number of carbonyl (C=O) groups excluding carboxylic acids is 3. The van der Waals surface area contributed by atoms with Crippen LogP contribution in [0.4, 0.5) is 5.13 Å². The lowest BCUT2D eigenvalue weighted by Gasteiger charge is -2.05. The average Bonchev–Trinajstić information content (AvgIpc) is 3.06. The Morgan fingerprint density at radius 3 is 2.62 bits per heavy atom. The first kappa shape index (κ1) is 19.6. The number of aromatic nitrogens is 1. The number of hydrogen-bond acceptors (Lipinski definition) is 7. The van der Waals surface area contributed by atoms with Gasteiger partial charge < -0.3 is 9.47 Å². The van der Waals surface area contributed by atoms with E-state index in [0.717, 1.165) is 5.56 Å². The Balaban J connectivity index is 1.69. The molecule has 0 saturated heterocycles. The van der Waals surface area contributed by atoms with E-state index < -0.39 is 11.9 Å². The fourth-order valence-electron chi connectivity index (χ4n) is 2.07. The lowest BCUT2D eigenvalue weighted by Crippen LogP contribution is -2.21. The van der Waals surface area contributed by atoms with Crippen LogP contribution in [0.3, 0.4) is 0 Å². The molecule has 0 unspecified atom stereocenters. The number of anilines is 1. The zero-order valence-electron chi connectivity index (χ0n) is 14.4. The molecule has 1 aromatic heterocycles. The molecule has 0 aliphatic carbocycles. The van der Waals surface area contributed by atoms with Gasteiger partial charge in [-0.3, -0.25) is 19.7 Å². The standard InChI is InChI=1S/C18H20N2O5S/c1-2-24-17(23)10-14-12-26-18(19-14)20-15(21)11-25-16(22)9-8-13-6-4-3-5-7-13/h3-7,12H,2,8-11H2,1H3,(H,19,20,21). The van der Waals surface area contributed by atoms with Crippen molar-refractivity contribution in [3.05, 3.63) is 47.0 Å². The van der Waals surface area contributed by atoms with Crippen LogP contribution in [0.1, 0.15) is 24.6 Å². The number of rotatable bonds is 9. The van der Waals surface area contributed by atoms with Gasteiger partial charge in [0.1, 0.15) is 0 Å². The summed E-state index contributed by atoms with van der Waals surface area (Å²) in [5, 5.41) is 4.54. The van der Waals surface area contributed by atoms with Crippen LogP contribution in [0, 0.1) is 0 Å². The van der Waals surface area contributed by atoms with Gasteiger partial charge in [-0.2, -0.15) is 0 Å². The third kappa shape index (κ3) is 7.02. The molecule has 1 heterocycles. The molecule has 2 aromatic rings. The third-order valence-corrected chi connectivity index (χ3v) is 4.06. The number of carbonyl (C=O) groups is 3. The summed E-state index contributed by atoms with van der Waals surface area (Å²) in [7, 11) is 0.